The maximum Gasteiger partial charge on any atom is 0.310 e. The van der Waals surface area contributed by atoms with Crippen molar-refractivity contribution in [2.75, 3.05) is 40.0 Å². The summed E-state index contributed by atoms with van der Waals surface area (Å²) in [5, 5.41) is 0.599. The van der Waals surface area contributed by atoms with Gasteiger partial charge < -0.3 is 23.8 Å². The van der Waals surface area contributed by atoms with Crippen LogP contribution in [0, 0.1) is 5.41 Å². The van der Waals surface area contributed by atoms with Gasteiger partial charge in [-0.3, -0.25) is 9.59 Å². The van der Waals surface area contributed by atoms with Crippen LogP contribution >= 0.6 is 11.6 Å². The Morgan fingerprint density at radius 1 is 0.978 bits per heavy atom. The number of hydrogen-bond acceptors (Lipinski definition) is 7. The Labute approximate surface area is 270 Å². The topological polar surface area (TPSA) is 87.2 Å². The van der Waals surface area contributed by atoms with E-state index in [0.29, 0.717) is 55.1 Å². The first-order valence-corrected chi connectivity index (χ1v) is 15.6. The number of pyridine rings is 1. The molecule has 4 rings (SSSR count). The molecule has 238 valence electrons. The van der Waals surface area contributed by atoms with E-state index in [1.807, 2.05) is 55.3 Å². The zero-order valence-corrected chi connectivity index (χ0v) is 27.4. The van der Waals surface area contributed by atoms with E-state index < -0.39 is 5.41 Å². The summed E-state index contributed by atoms with van der Waals surface area (Å²) in [6.45, 7) is 9.51. The summed E-state index contributed by atoms with van der Waals surface area (Å²) >= 11 is 6.00. The number of likely N-dealkylation sites (N-methyl/N-ethyl adjacent to an activating group) is 1. The normalized spacial score (nSPS) is 15.9. The van der Waals surface area contributed by atoms with Crippen molar-refractivity contribution in [3.8, 4) is 17.4 Å². The number of halogens is 1. The fourth-order valence-corrected chi connectivity index (χ4v) is 5.66. The third-order valence-electron chi connectivity index (χ3n) is 7.74. The number of nitrogens with zero attached hydrogens (tertiary/aromatic N) is 2. The van der Waals surface area contributed by atoms with Gasteiger partial charge in [0.05, 0.1) is 26.7 Å². The average Bonchev–Trinajstić information content (AvgIpc) is 3.04. The van der Waals surface area contributed by atoms with Gasteiger partial charge in [-0.05, 0) is 91.9 Å². The Morgan fingerprint density at radius 3 is 2.40 bits per heavy atom. The standard InChI is InChI=1S/C36H41ClN2O6/c1-6-39(34(40)23-45-29-14-12-28(37)13-15-29)24-36(4)21-26(27-11-18-33(38-22-27)43-7-2)10-16-31(36)30-19-25(9-17-32(30)42-5)20-35(41)44-8-3/h9-19,22H,6-8,20-21,23-24H2,1-5H3. The number of amides is 1. The Kier molecular flexibility index (Phi) is 11.7. The number of hydrogen-bond donors (Lipinski definition) is 0. The highest BCUT2D eigenvalue weighted by atomic mass is 35.5. The van der Waals surface area contributed by atoms with Crippen LogP contribution in [0.3, 0.4) is 0 Å². The fraction of sp³-hybridized carbons (Fsp3) is 0.361. The molecule has 1 aliphatic rings. The summed E-state index contributed by atoms with van der Waals surface area (Å²) in [5.74, 6) is 1.41. The van der Waals surface area contributed by atoms with Crippen LogP contribution in [0.25, 0.3) is 11.1 Å². The minimum Gasteiger partial charge on any atom is -0.496 e. The Bertz CT molecular complexity index is 1530. The summed E-state index contributed by atoms with van der Waals surface area (Å²) in [6.07, 6.45) is 6.77. The van der Waals surface area contributed by atoms with Crippen molar-refractivity contribution in [1.29, 1.82) is 0 Å². The number of aromatic nitrogens is 1. The van der Waals surface area contributed by atoms with E-state index in [9.17, 15) is 9.59 Å². The minimum atomic E-state index is -0.537. The molecule has 9 heteroatoms. The van der Waals surface area contributed by atoms with Crippen molar-refractivity contribution in [1.82, 2.24) is 9.88 Å². The van der Waals surface area contributed by atoms with E-state index in [1.165, 1.54) is 0 Å². The molecular formula is C36H41ClN2O6. The predicted octanol–water partition coefficient (Wildman–Crippen LogP) is 7.05. The molecule has 45 heavy (non-hydrogen) atoms. The minimum absolute atomic E-state index is 0.103. The summed E-state index contributed by atoms with van der Waals surface area (Å²) < 4.78 is 22.4. The first-order chi connectivity index (χ1) is 21.7. The van der Waals surface area contributed by atoms with Crippen LogP contribution in [0.2, 0.25) is 5.02 Å². The monoisotopic (exact) mass is 632 g/mol. The molecule has 0 saturated carbocycles. The molecule has 1 amide bonds. The molecule has 0 aliphatic heterocycles. The highest BCUT2D eigenvalue weighted by Crippen LogP contribution is 2.48. The largest absolute Gasteiger partial charge is 0.496 e. The lowest BCUT2D eigenvalue weighted by Crippen LogP contribution is -2.43. The molecule has 3 aromatic rings. The zero-order chi connectivity index (χ0) is 32.4. The average molecular weight is 633 g/mol. The first kappa shape index (κ1) is 33.6. The second-order valence-corrected chi connectivity index (χ2v) is 11.4. The molecule has 1 aromatic heterocycles. The summed E-state index contributed by atoms with van der Waals surface area (Å²) in [5.41, 5.74) is 4.20. The lowest BCUT2D eigenvalue weighted by molar-refractivity contribution is -0.142. The number of benzene rings is 2. The Hall–Kier alpha value is -4.30. The van der Waals surface area contributed by atoms with Crippen LogP contribution in [-0.4, -0.2) is 61.8 Å². The number of allylic oxidation sites excluding steroid dienone is 3. The first-order valence-electron chi connectivity index (χ1n) is 15.2. The smallest absolute Gasteiger partial charge is 0.310 e. The van der Waals surface area contributed by atoms with Gasteiger partial charge in [-0.1, -0.05) is 36.7 Å². The summed E-state index contributed by atoms with van der Waals surface area (Å²) in [4.78, 5) is 32.2. The van der Waals surface area contributed by atoms with E-state index >= 15 is 0 Å². The fourth-order valence-electron chi connectivity index (χ4n) is 5.54. The molecule has 1 heterocycles. The van der Waals surface area contributed by atoms with Gasteiger partial charge >= 0.3 is 5.97 Å². The second kappa shape index (κ2) is 15.6. The number of methoxy groups -OCH3 is 1. The number of rotatable bonds is 14. The van der Waals surface area contributed by atoms with Gasteiger partial charge in [-0.25, -0.2) is 4.98 Å². The van der Waals surface area contributed by atoms with Gasteiger partial charge in [-0.2, -0.15) is 0 Å². The van der Waals surface area contributed by atoms with Crippen molar-refractivity contribution in [3.63, 3.8) is 0 Å². The molecule has 2 aromatic carbocycles. The zero-order valence-electron chi connectivity index (χ0n) is 26.6. The molecule has 1 atom stereocenters. The summed E-state index contributed by atoms with van der Waals surface area (Å²) in [7, 11) is 1.63. The van der Waals surface area contributed by atoms with Crippen LogP contribution in [0.1, 0.15) is 50.8 Å². The number of carbonyl (C=O) groups is 2. The van der Waals surface area contributed by atoms with Crippen molar-refractivity contribution in [3.05, 3.63) is 94.7 Å². The van der Waals surface area contributed by atoms with E-state index in [4.69, 9.17) is 30.5 Å². The highest BCUT2D eigenvalue weighted by Gasteiger charge is 2.37. The molecule has 0 saturated heterocycles. The van der Waals surface area contributed by atoms with Crippen molar-refractivity contribution in [2.45, 2.75) is 40.5 Å². The van der Waals surface area contributed by atoms with Crippen LogP contribution in [0.15, 0.2) is 72.9 Å². The highest BCUT2D eigenvalue weighted by molar-refractivity contribution is 6.30. The van der Waals surface area contributed by atoms with Gasteiger partial charge in [0.25, 0.3) is 5.91 Å². The van der Waals surface area contributed by atoms with E-state index in [-0.39, 0.29) is 24.9 Å². The second-order valence-electron chi connectivity index (χ2n) is 11.0. The van der Waals surface area contributed by atoms with Gasteiger partial charge in [0, 0.05) is 41.4 Å². The maximum absolute atomic E-state index is 13.5. The number of carbonyl (C=O) groups excluding carboxylic acids is 2. The van der Waals surface area contributed by atoms with Crippen LogP contribution < -0.4 is 14.2 Å². The number of ether oxygens (including phenoxy) is 4. The van der Waals surface area contributed by atoms with Gasteiger partial charge in [0.15, 0.2) is 6.61 Å². The maximum atomic E-state index is 13.5. The van der Waals surface area contributed by atoms with Crippen molar-refractivity contribution < 1.29 is 28.5 Å². The number of esters is 1. The molecule has 0 N–H and O–H groups in total. The van der Waals surface area contributed by atoms with Crippen LogP contribution in [-0.2, 0) is 20.7 Å². The lowest BCUT2D eigenvalue weighted by Gasteiger charge is -2.40. The van der Waals surface area contributed by atoms with Gasteiger partial charge in [0.2, 0.25) is 5.88 Å². The molecule has 0 bridgehead atoms. The predicted molar refractivity (Wildman–Crippen MR) is 177 cm³/mol. The molecule has 1 aliphatic carbocycles. The van der Waals surface area contributed by atoms with Gasteiger partial charge in [0.1, 0.15) is 11.5 Å². The van der Waals surface area contributed by atoms with E-state index in [0.717, 1.165) is 27.8 Å². The Balaban J connectivity index is 1.69. The quantitative estimate of drug-likeness (QED) is 0.176. The molecular weight excluding hydrogens is 592 g/mol. The molecule has 0 fully saturated rings. The van der Waals surface area contributed by atoms with E-state index in [2.05, 4.69) is 24.1 Å². The van der Waals surface area contributed by atoms with Gasteiger partial charge in [-0.15, -0.1) is 0 Å². The molecule has 1 unspecified atom stereocenters. The van der Waals surface area contributed by atoms with Crippen LogP contribution in [0.5, 0.6) is 17.4 Å². The van der Waals surface area contributed by atoms with E-state index in [1.54, 1.807) is 38.3 Å². The third kappa shape index (κ3) is 8.66. The molecule has 0 spiro atoms. The Morgan fingerprint density at radius 2 is 1.76 bits per heavy atom. The molecule has 0 radical (unpaired) electrons. The van der Waals surface area contributed by atoms with Crippen LogP contribution in [0.4, 0.5) is 0 Å². The lowest BCUT2D eigenvalue weighted by atomic mass is 9.69. The molecule has 8 nitrogen and oxygen atoms in total. The summed E-state index contributed by atoms with van der Waals surface area (Å²) in [6, 6.07) is 16.6. The third-order valence-corrected chi connectivity index (χ3v) is 7.99. The SMILES string of the molecule is CCOC(=O)Cc1ccc(OC)c(C2=CC=C(c3ccc(OCC)nc3)CC2(C)CN(CC)C(=O)COc2ccc(Cl)cc2)c1. The van der Waals surface area contributed by atoms with Crippen molar-refractivity contribution in [2.24, 2.45) is 5.41 Å². The van der Waals surface area contributed by atoms with Crippen molar-refractivity contribution >= 4 is 34.6 Å².